The lowest BCUT2D eigenvalue weighted by molar-refractivity contribution is -0.0585. The van der Waals surface area contributed by atoms with Gasteiger partial charge in [-0.2, -0.15) is 0 Å². The summed E-state index contributed by atoms with van der Waals surface area (Å²) in [6.07, 6.45) is 4.51. The van der Waals surface area contributed by atoms with Crippen LogP contribution in [0.5, 0.6) is 0 Å². The molecular formula is C11H10N2O3. The lowest BCUT2D eigenvalue weighted by Gasteiger charge is -2.04. The van der Waals surface area contributed by atoms with Crippen molar-refractivity contribution in [1.29, 1.82) is 0 Å². The van der Waals surface area contributed by atoms with Gasteiger partial charge in [0.15, 0.2) is 5.76 Å². The SMILES string of the molecule is c1ncc(-c2ccc(C3OCCO3)o2)cn1. The second-order valence-corrected chi connectivity index (χ2v) is 3.40. The molecule has 0 amide bonds. The molecule has 0 aliphatic carbocycles. The van der Waals surface area contributed by atoms with E-state index in [-0.39, 0.29) is 6.29 Å². The van der Waals surface area contributed by atoms with Crippen LogP contribution in [0.4, 0.5) is 0 Å². The van der Waals surface area contributed by atoms with E-state index < -0.39 is 0 Å². The molecule has 82 valence electrons. The molecule has 3 rings (SSSR count). The lowest BCUT2D eigenvalue weighted by atomic mass is 10.3. The fraction of sp³-hybridized carbons (Fsp3) is 0.273. The summed E-state index contributed by atoms with van der Waals surface area (Å²) in [7, 11) is 0. The summed E-state index contributed by atoms with van der Waals surface area (Å²) >= 11 is 0. The van der Waals surface area contributed by atoms with Gasteiger partial charge in [0.25, 0.3) is 0 Å². The Morgan fingerprint density at radius 3 is 2.56 bits per heavy atom. The Hall–Kier alpha value is -1.72. The van der Waals surface area contributed by atoms with E-state index in [4.69, 9.17) is 13.9 Å². The van der Waals surface area contributed by atoms with Crippen LogP contribution < -0.4 is 0 Å². The van der Waals surface area contributed by atoms with Gasteiger partial charge in [-0.05, 0) is 12.1 Å². The first kappa shape index (κ1) is 9.50. The van der Waals surface area contributed by atoms with Crippen molar-refractivity contribution in [1.82, 2.24) is 9.97 Å². The number of furan rings is 1. The smallest absolute Gasteiger partial charge is 0.217 e. The summed E-state index contributed by atoms with van der Waals surface area (Å²) in [5.41, 5.74) is 0.840. The van der Waals surface area contributed by atoms with E-state index in [1.165, 1.54) is 6.33 Å². The Kier molecular flexibility index (Phi) is 2.40. The highest BCUT2D eigenvalue weighted by molar-refractivity contribution is 5.54. The van der Waals surface area contributed by atoms with E-state index in [1.807, 2.05) is 12.1 Å². The van der Waals surface area contributed by atoms with Crippen molar-refractivity contribution >= 4 is 0 Å². The standard InChI is InChI=1S/C11H10N2O3/c1-2-10(11-14-3-4-15-11)16-9(1)8-5-12-7-13-6-8/h1-2,5-7,11H,3-4H2. The van der Waals surface area contributed by atoms with E-state index in [0.717, 1.165) is 11.3 Å². The van der Waals surface area contributed by atoms with Gasteiger partial charge in [0.1, 0.15) is 12.1 Å². The molecule has 2 aromatic rings. The zero-order chi connectivity index (χ0) is 10.8. The third kappa shape index (κ3) is 1.70. The van der Waals surface area contributed by atoms with Crippen LogP contribution in [-0.4, -0.2) is 23.2 Å². The molecule has 0 bridgehead atoms. The largest absolute Gasteiger partial charge is 0.456 e. The van der Waals surface area contributed by atoms with Crippen molar-refractivity contribution in [3.8, 4) is 11.3 Å². The van der Waals surface area contributed by atoms with Crippen molar-refractivity contribution < 1.29 is 13.9 Å². The first-order valence-electron chi connectivity index (χ1n) is 5.02. The molecule has 5 nitrogen and oxygen atoms in total. The highest BCUT2D eigenvalue weighted by Gasteiger charge is 2.21. The predicted octanol–water partition coefficient (Wildman–Crippen LogP) is 1.78. The van der Waals surface area contributed by atoms with Gasteiger partial charge in [0.05, 0.1) is 18.8 Å². The number of hydrogen-bond acceptors (Lipinski definition) is 5. The molecule has 5 heteroatoms. The average Bonchev–Trinajstić information content (AvgIpc) is 3.01. The molecule has 3 heterocycles. The van der Waals surface area contributed by atoms with Crippen molar-refractivity contribution in [2.75, 3.05) is 13.2 Å². The van der Waals surface area contributed by atoms with Gasteiger partial charge in [-0.15, -0.1) is 0 Å². The number of ether oxygens (including phenoxy) is 2. The monoisotopic (exact) mass is 218 g/mol. The van der Waals surface area contributed by atoms with Crippen molar-refractivity contribution in [2.24, 2.45) is 0 Å². The number of rotatable bonds is 2. The normalized spacial score (nSPS) is 16.8. The van der Waals surface area contributed by atoms with Crippen LogP contribution in [0.25, 0.3) is 11.3 Å². The molecule has 0 radical (unpaired) electrons. The molecule has 0 spiro atoms. The van der Waals surface area contributed by atoms with E-state index in [9.17, 15) is 0 Å². The van der Waals surface area contributed by atoms with Crippen LogP contribution in [0.1, 0.15) is 12.1 Å². The van der Waals surface area contributed by atoms with Crippen molar-refractivity contribution in [3.05, 3.63) is 36.6 Å². The van der Waals surface area contributed by atoms with Gasteiger partial charge < -0.3 is 13.9 Å². The highest BCUT2D eigenvalue weighted by atomic mass is 16.7. The summed E-state index contributed by atoms with van der Waals surface area (Å²) in [6.45, 7) is 1.21. The van der Waals surface area contributed by atoms with E-state index in [0.29, 0.717) is 19.0 Å². The Morgan fingerprint density at radius 2 is 1.81 bits per heavy atom. The zero-order valence-electron chi connectivity index (χ0n) is 8.50. The molecule has 0 atom stereocenters. The molecule has 1 fully saturated rings. The van der Waals surface area contributed by atoms with Crippen LogP contribution in [0.15, 0.2) is 35.3 Å². The summed E-state index contributed by atoms with van der Waals surface area (Å²) in [5, 5.41) is 0. The van der Waals surface area contributed by atoms with Gasteiger partial charge in [0, 0.05) is 12.4 Å². The molecule has 16 heavy (non-hydrogen) atoms. The number of hydrogen-bond donors (Lipinski definition) is 0. The van der Waals surface area contributed by atoms with Crippen LogP contribution >= 0.6 is 0 Å². The Morgan fingerprint density at radius 1 is 1.06 bits per heavy atom. The van der Waals surface area contributed by atoms with E-state index in [1.54, 1.807) is 12.4 Å². The molecule has 1 aliphatic heterocycles. The molecule has 0 unspecified atom stereocenters. The van der Waals surface area contributed by atoms with Gasteiger partial charge in [-0.25, -0.2) is 9.97 Å². The van der Waals surface area contributed by atoms with Crippen LogP contribution in [0, 0.1) is 0 Å². The maximum absolute atomic E-state index is 5.62. The minimum absolute atomic E-state index is 0.376. The quantitative estimate of drug-likeness (QED) is 0.769. The maximum atomic E-state index is 5.62. The molecular weight excluding hydrogens is 208 g/mol. The Labute approximate surface area is 92.0 Å². The molecule has 0 saturated carbocycles. The van der Waals surface area contributed by atoms with Crippen LogP contribution in [0.2, 0.25) is 0 Å². The summed E-state index contributed by atoms with van der Waals surface area (Å²) in [4.78, 5) is 7.87. The second-order valence-electron chi connectivity index (χ2n) is 3.40. The minimum atomic E-state index is -0.376. The zero-order valence-corrected chi connectivity index (χ0v) is 8.50. The Balaban J connectivity index is 1.87. The summed E-state index contributed by atoms with van der Waals surface area (Å²) in [5.74, 6) is 1.39. The third-order valence-corrected chi connectivity index (χ3v) is 2.33. The van der Waals surface area contributed by atoms with Crippen molar-refractivity contribution in [2.45, 2.75) is 6.29 Å². The topological polar surface area (TPSA) is 57.4 Å². The summed E-state index contributed by atoms with van der Waals surface area (Å²) in [6, 6.07) is 3.71. The van der Waals surface area contributed by atoms with E-state index in [2.05, 4.69) is 9.97 Å². The van der Waals surface area contributed by atoms with Gasteiger partial charge in [-0.3, -0.25) is 0 Å². The van der Waals surface area contributed by atoms with E-state index >= 15 is 0 Å². The first-order chi connectivity index (χ1) is 7.93. The lowest BCUT2D eigenvalue weighted by Crippen LogP contribution is -1.94. The average molecular weight is 218 g/mol. The molecule has 2 aromatic heterocycles. The number of nitrogens with zero attached hydrogens (tertiary/aromatic N) is 2. The third-order valence-electron chi connectivity index (χ3n) is 2.33. The molecule has 0 aromatic carbocycles. The van der Waals surface area contributed by atoms with Crippen LogP contribution in [-0.2, 0) is 9.47 Å². The van der Waals surface area contributed by atoms with Crippen LogP contribution in [0.3, 0.4) is 0 Å². The summed E-state index contributed by atoms with van der Waals surface area (Å²) < 4.78 is 16.3. The molecule has 0 N–H and O–H groups in total. The molecule has 1 saturated heterocycles. The van der Waals surface area contributed by atoms with Gasteiger partial charge in [0.2, 0.25) is 6.29 Å². The van der Waals surface area contributed by atoms with Gasteiger partial charge >= 0.3 is 0 Å². The fourth-order valence-electron chi connectivity index (χ4n) is 1.58. The second kappa shape index (κ2) is 4.03. The predicted molar refractivity (Wildman–Crippen MR) is 54.4 cm³/mol. The first-order valence-corrected chi connectivity index (χ1v) is 5.02. The van der Waals surface area contributed by atoms with Gasteiger partial charge in [-0.1, -0.05) is 0 Å². The van der Waals surface area contributed by atoms with Crippen molar-refractivity contribution in [3.63, 3.8) is 0 Å². The molecule has 1 aliphatic rings. The minimum Gasteiger partial charge on any atom is -0.456 e. The Bertz CT molecular complexity index is 463. The fourth-order valence-corrected chi connectivity index (χ4v) is 1.58. The number of aromatic nitrogens is 2. The highest BCUT2D eigenvalue weighted by Crippen LogP contribution is 2.28. The maximum Gasteiger partial charge on any atom is 0.217 e.